The molecule has 24 heavy (non-hydrogen) atoms. The average molecular weight is 335 g/mol. The Kier molecular flexibility index (Phi) is 5.21. The van der Waals surface area contributed by atoms with Crippen molar-refractivity contribution in [3.8, 4) is 0 Å². The van der Waals surface area contributed by atoms with Gasteiger partial charge in [0.1, 0.15) is 0 Å². The fourth-order valence-electron chi connectivity index (χ4n) is 2.67. The number of fused-ring (bicyclic) bond motifs is 1. The SMILES string of the molecule is CN(C)c1ccc2cc(/C=C/c3cc[n+](CCS)cc3)ccc2c1. The Morgan fingerprint density at radius 3 is 2.25 bits per heavy atom. The first-order valence-corrected chi connectivity index (χ1v) is 8.78. The van der Waals surface area contributed by atoms with E-state index in [4.69, 9.17) is 0 Å². The molecule has 0 aliphatic heterocycles. The van der Waals surface area contributed by atoms with E-state index in [-0.39, 0.29) is 0 Å². The lowest BCUT2D eigenvalue weighted by atomic mass is 10.1. The summed E-state index contributed by atoms with van der Waals surface area (Å²) >= 11 is 4.26. The lowest BCUT2D eigenvalue weighted by Crippen LogP contribution is -2.33. The van der Waals surface area contributed by atoms with E-state index < -0.39 is 0 Å². The first-order valence-electron chi connectivity index (χ1n) is 8.15. The van der Waals surface area contributed by atoms with Crippen molar-refractivity contribution in [2.24, 2.45) is 0 Å². The van der Waals surface area contributed by atoms with Crippen molar-refractivity contribution < 1.29 is 4.57 Å². The maximum absolute atomic E-state index is 4.26. The highest BCUT2D eigenvalue weighted by atomic mass is 32.1. The van der Waals surface area contributed by atoms with E-state index >= 15 is 0 Å². The third kappa shape index (κ3) is 3.98. The van der Waals surface area contributed by atoms with Gasteiger partial charge in [0.05, 0.1) is 0 Å². The summed E-state index contributed by atoms with van der Waals surface area (Å²) in [7, 11) is 4.14. The molecule has 0 N–H and O–H groups in total. The van der Waals surface area contributed by atoms with Gasteiger partial charge in [0.2, 0.25) is 0 Å². The van der Waals surface area contributed by atoms with Gasteiger partial charge in [-0.15, -0.1) is 0 Å². The lowest BCUT2D eigenvalue weighted by Gasteiger charge is -2.13. The van der Waals surface area contributed by atoms with Gasteiger partial charge in [-0.2, -0.15) is 12.6 Å². The highest BCUT2D eigenvalue weighted by Crippen LogP contribution is 2.22. The summed E-state index contributed by atoms with van der Waals surface area (Å²) < 4.78 is 2.14. The number of benzene rings is 2. The molecule has 3 heteroatoms. The van der Waals surface area contributed by atoms with E-state index in [1.54, 1.807) is 0 Å². The smallest absolute Gasteiger partial charge is 0.169 e. The van der Waals surface area contributed by atoms with Crippen LogP contribution in [-0.2, 0) is 6.54 Å². The summed E-state index contributed by atoms with van der Waals surface area (Å²) in [5, 5.41) is 2.54. The molecule has 1 heterocycles. The van der Waals surface area contributed by atoms with E-state index in [1.165, 1.54) is 27.6 Å². The second-order valence-electron chi connectivity index (χ2n) is 6.11. The first kappa shape index (κ1) is 16.6. The molecule has 0 fully saturated rings. The molecular formula is C21H23N2S+. The van der Waals surface area contributed by atoms with E-state index in [0.717, 1.165) is 12.3 Å². The molecule has 0 spiro atoms. The molecule has 1 aromatic heterocycles. The van der Waals surface area contributed by atoms with Crippen molar-refractivity contribution >= 4 is 41.2 Å². The highest BCUT2D eigenvalue weighted by Gasteiger charge is 2.00. The predicted octanol–water partition coefficient (Wildman–Crippen LogP) is 4.29. The fourth-order valence-corrected chi connectivity index (χ4v) is 2.90. The molecule has 3 aromatic rings. The van der Waals surface area contributed by atoms with Crippen LogP contribution in [-0.4, -0.2) is 19.8 Å². The van der Waals surface area contributed by atoms with Crippen molar-refractivity contribution in [2.45, 2.75) is 6.54 Å². The number of anilines is 1. The van der Waals surface area contributed by atoms with Crippen LogP contribution in [0.3, 0.4) is 0 Å². The summed E-state index contributed by atoms with van der Waals surface area (Å²) in [5.41, 5.74) is 3.64. The van der Waals surface area contributed by atoms with Crippen LogP contribution in [0.4, 0.5) is 5.69 Å². The Hall–Kier alpha value is -2.26. The summed E-state index contributed by atoms with van der Waals surface area (Å²) in [6.45, 7) is 0.937. The molecule has 0 saturated carbocycles. The Balaban J connectivity index is 1.80. The van der Waals surface area contributed by atoms with Crippen LogP contribution >= 0.6 is 12.6 Å². The molecule has 2 nitrogen and oxygen atoms in total. The molecule has 3 rings (SSSR count). The predicted molar refractivity (Wildman–Crippen MR) is 108 cm³/mol. The third-order valence-corrected chi connectivity index (χ3v) is 4.31. The minimum absolute atomic E-state index is 0.854. The third-order valence-electron chi connectivity index (χ3n) is 4.11. The van der Waals surface area contributed by atoms with E-state index in [9.17, 15) is 0 Å². The van der Waals surface area contributed by atoms with Gasteiger partial charge in [0, 0.05) is 37.7 Å². The summed E-state index contributed by atoms with van der Waals surface area (Å²) in [6, 6.07) is 17.4. The molecule has 0 amide bonds. The zero-order chi connectivity index (χ0) is 16.9. The molecule has 0 radical (unpaired) electrons. The standard InChI is InChI=1S/C21H22N2S/c1-22(2)21-8-7-19-15-18(5-6-20(19)16-21)4-3-17-9-11-23(12-10-17)13-14-24/h3-12,15-16H,13-14H2,1-2H3/p+1. The van der Waals surface area contributed by atoms with Crippen LogP contribution in [0.2, 0.25) is 0 Å². The minimum Gasteiger partial charge on any atom is -0.378 e. The van der Waals surface area contributed by atoms with Gasteiger partial charge in [-0.05, 0) is 40.1 Å². The molecular weight excluding hydrogens is 312 g/mol. The van der Waals surface area contributed by atoms with Crippen molar-refractivity contribution in [3.63, 3.8) is 0 Å². The van der Waals surface area contributed by atoms with Crippen molar-refractivity contribution in [2.75, 3.05) is 24.7 Å². The Labute approximate surface area is 149 Å². The van der Waals surface area contributed by atoms with Crippen LogP contribution in [0.1, 0.15) is 11.1 Å². The molecule has 122 valence electrons. The lowest BCUT2D eigenvalue weighted by molar-refractivity contribution is -0.692. The molecule has 0 saturated heterocycles. The maximum atomic E-state index is 4.26. The summed E-state index contributed by atoms with van der Waals surface area (Å²) in [5.74, 6) is 0.854. The quantitative estimate of drug-likeness (QED) is 0.539. The topological polar surface area (TPSA) is 7.12 Å². The van der Waals surface area contributed by atoms with Gasteiger partial charge in [0.15, 0.2) is 18.9 Å². The molecule has 0 unspecified atom stereocenters. The maximum Gasteiger partial charge on any atom is 0.169 e. The monoisotopic (exact) mass is 335 g/mol. The number of pyridine rings is 1. The molecule has 0 atom stereocenters. The summed E-state index contributed by atoms with van der Waals surface area (Å²) in [4.78, 5) is 2.13. The van der Waals surface area contributed by atoms with Crippen LogP contribution in [0.25, 0.3) is 22.9 Å². The van der Waals surface area contributed by atoms with Crippen molar-refractivity contribution in [3.05, 3.63) is 72.1 Å². The van der Waals surface area contributed by atoms with Gasteiger partial charge in [0.25, 0.3) is 0 Å². The second kappa shape index (κ2) is 7.54. The van der Waals surface area contributed by atoms with Crippen LogP contribution in [0.5, 0.6) is 0 Å². The highest BCUT2D eigenvalue weighted by molar-refractivity contribution is 7.80. The summed E-state index contributed by atoms with van der Waals surface area (Å²) in [6.07, 6.45) is 8.51. The van der Waals surface area contributed by atoms with Crippen LogP contribution in [0, 0.1) is 0 Å². The number of aromatic nitrogens is 1. The minimum atomic E-state index is 0.854. The fraction of sp³-hybridized carbons (Fsp3) is 0.190. The Morgan fingerprint density at radius 2 is 1.54 bits per heavy atom. The van der Waals surface area contributed by atoms with Gasteiger partial charge < -0.3 is 4.90 Å². The number of aryl methyl sites for hydroxylation is 1. The number of hydrogen-bond donors (Lipinski definition) is 1. The normalized spacial score (nSPS) is 11.3. The molecule has 0 aliphatic rings. The number of nitrogens with zero attached hydrogens (tertiary/aromatic N) is 2. The van der Waals surface area contributed by atoms with E-state index in [2.05, 4.69) is 109 Å². The van der Waals surface area contributed by atoms with Gasteiger partial charge >= 0.3 is 0 Å². The number of thiol groups is 1. The number of rotatable bonds is 5. The first-order chi connectivity index (χ1) is 11.7. The number of hydrogen-bond acceptors (Lipinski definition) is 2. The van der Waals surface area contributed by atoms with Crippen molar-refractivity contribution in [1.82, 2.24) is 0 Å². The zero-order valence-corrected chi connectivity index (χ0v) is 15.1. The second-order valence-corrected chi connectivity index (χ2v) is 6.56. The van der Waals surface area contributed by atoms with E-state index in [1.807, 2.05) is 0 Å². The average Bonchev–Trinajstić information content (AvgIpc) is 2.60. The van der Waals surface area contributed by atoms with Crippen LogP contribution < -0.4 is 9.47 Å². The largest absolute Gasteiger partial charge is 0.378 e. The Bertz CT molecular complexity index is 851. The zero-order valence-electron chi connectivity index (χ0n) is 14.2. The molecule has 0 aliphatic carbocycles. The molecule has 2 aromatic carbocycles. The van der Waals surface area contributed by atoms with Gasteiger partial charge in [-0.3, -0.25) is 0 Å². The molecule has 0 bridgehead atoms. The van der Waals surface area contributed by atoms with Crippen LogP contribution in [0.15, 0.2) is 60.9 Å². The Morgan fingerprint density at radius 1 is 0.875 bits per heavy atom. The van der Waals surface area contributed by atoms with Crippen molar-refractivity contribution in [1.29, 1.82) is 0 Å². The van der Waals surface area contributed by atoms with E-state index in [0.29, 0.717) is 0 Å². The van der Waals surface area contributed by atoms with Gasteiger partial charge in [-0.1, -0.05) is 30.4 Å². The van der Waals surface area contributed by atoms with Gasteiger partial charge in [-0.25, -0.2) is 4.57 Å².